The molecule has 0 amide bonds. The van der Waals surface area contributed by atoms with Crippen molar-refractivity contribution in [1.29, 1.82) is 0 Å². The van der Waals surface area contributed by atoms with Gasteiger partial charge in [-0.2, -0.15) is 0 Å². The summed E-state index contributed by atoms with van der Waals surface area (Å²) in [4.78, 5) is 30.0. The number of nitrogens with two attached hydrogens (primary N) is 1. The first-order valence-corrected chi connectivity index (χ1v) is 9.23. The zero-order chi connectivity index (χ0) is 19.3. The third-order valence-corrected chi connectivity index (χ3v) is 3.48. The second-order valence-corrected chi connectivity index (χ2v) is 5.89. The first kappa shape index (κ1) is 25.6. The lowest BCUT2D eigenvalue weighted by Gasteiger charge is -2.03. The van der Waals surface area contributed by atoms with Crippen molar-refractivity contribution in [2.45, 2.75) is 84.0 Å². The third-order valence-electron chi connectivity index (χ3n) is 3.48. The Balaban J connectivity index is 0. The normalized spacial score (nSPS) is 9.84. The molecule has 0 aromatic heterocycles. The Morgan fingerprint density at radius 2 is 1.16 bits per heavy atom. The maximum absolute atomic E-state index is 10.7. The zero-order valence-corrected chi connectivity index (χ0v) is 15.5. The zero-order valence-electron chi connectivity index (χ0n) is 15.5. The van der Waals surface area contributed by atoms with E-state index in [1.54, 1.807) is 0 Å². The van der Waals surface area contributed by atoms with Gasteiger partial charge in [-0.1, -0.05) is 64.7 Å². The van der Waals surface area contributed by atoms with E-state index in [1.165, 1.54) is 51.4 Å². The molecule has 0 aliphatic heterocycles. The number of hydrogen-bond acceptors (Lipinski definition) is 5. The number of hydrogen-bond donors (Lipinski definition) is 3. The molecule has 0 heterocycles. The quantitative estimate of drug-likeness (QED) is 0.301. The van der Waals surface area contributed by atoms with Gasteiger partial charge in [0.15, 0.2) is 0 Å². The number of carbonyl (C=O) groups is 3. The van der Waals surface area contributed by atoms with Crippen LogP contribution in [0.5, 0.6) is 0 Å². The molecule has 0 saturated heterocycles. The summed E-state index contributed by atoms with van der Waals surface area (Å²) in [5.41, 5.74) is 5.13. The van der Waals surface area contributed by atoms with E-state index in [4.69, 9.17) is 20.7 Å². The van der Waals surface area contributed by atoms with E-state index < -0.39 is 11.9 Å². The lowest BCUT2D eigenvalue weighted by atomic mass is 10.1. The van der Waals surface area contributed by atoms with Gasteiger partial charge in [0.2, 0.25) is 0 Å². The highest BCUT2D eigenvalue weighted by Crippen LogP contribution is 2.10. The minimum absolute atomic E-state index is 0.00222. The van der Waals surface area contributed by atoms with Crippen LogP contribution in [0.3, 0.4) is 0 Å². The van der Waals surface area contributed by atoms with Crippen LogP contribution in [0, 0.1) is 0 Å². The fourth-order valence-corrected chi connectivity index (χ4v) is 2.05. The minimum atomic E-state index is -1.08. The number of aliphatic carboxylic acids is 2. The van der Waals surface area contributed by atoms with E-state index in [-0.39, 0.29) is 25.4 Å². The summed E-state index contributed by atoms with van der Waals surface area (Å²) < 4.78 is 4.90. The minimum Gasteiger partial charge on any atom is -0.481 e. The van der Waals surface area contributed by atoms with Gasteiger partial charge in [0.25, 0.3) is 0 Å². The highest BCUT2D eigenvalue weighted by molar-refractivity contribution is 5.75. The van der Waals surface area contributed by atoms with Gasteiger partial charge < -0.3 is 20.7 Å². The molecule has 0 spiro atoms. The van der Waals surface area contributed by atoms with E-state index in [0.29, 0.717) is 6.61 Å². The number of carboxylic acid groups (broad SMARTS) is 2. The second kappa shape index (κ2) is 20.4. The first-order chi connectivity index (χ1) is 11.9. The molecule has 0 radical (unpaired) electrons. The van der Waals surface area contributed by atoms with Crippen LogP contribution in [-0.4, -0.2) is 41.3 Å². The summed E-state index contributed by atoms with van der Waals surface area (Å²) in [5.74, 6) is -2.44. The van der Waals surface area contributed by atoms with Crippen molar-refractivity contribution >= 4 is 17.9 Å². The summed E-state index contributed by atoms with van der Waals surface area (Å²) in [6.45, 7) is 2.78. The van der Waals surface area contributed by atoms with Gasteiger partial charge in [-0.05, 0) is 6.42 Å². The van der Waals surface area contributed by atoms with Crippen LogP contribution < -0.4 is 5.73 Å². The Morgan fingerprint density at radius 1 is 0.760 bits per heavy atom. The van der Waals surface area contributed by atoms with E-state index in [1.807, 2.05) is 0 Å². The largest absolute Gasteiger partial charge is 0.481 e. The van der Waals surface area contributed by atoms with Crippen molar-refractivity contribution in [2.24, 2.45) is 5.73 Å². The number of rotatable bonds is 15. The van der Waals surface area contributed by atoms with Crippen LogP contribution in [-0.2, 0) is 19.1 Å². The van der Waals surface area contributed by atoms with Gasteiger partial charge in [0.05, 0.1) is 26.0 Å². The Morgan fingerprint density at radius 3 is 1.52 bits per heavy atom. The molecule has 0 unspecified atom stereocenters. The van der Waals surface area contributed by atoms with Gasteiger partial charge in [0.1, 0.15) is 0 Å². The molecule has 0 bridgehead atoms. The fraction of sp³-hybridized carbons (Fsp3) is 0.833. The summed E-state index contributed by atoms with van der Waals surface area (Å²) in [7, 11) is 0. The SMILES string of the molecule is CCCCCCCCCCCCOC(=O)CN.O=C(O)CCC(=O)O. The molecule has 0 aromatic rings. The number of carbonyl (C=O) groups excluding carboxylic acids is 1. The van der Waals surface area contributed by atoms with Crippen molar-refractivity contribution in [3.05, 3.63) is 0 Å². The molecule has 25 heavy (non-hydrogen) atoms. The van der Waals surface area contributed by atoms with Gasteiger partial charge in [0, 0.05) is 0 Å². The molecule has 0 fully saturated rings. The highest BCUT2D eigenvalue weighted by atomic mass is 16.5. The van der Waals surface area contributed by atoms with Crippen molar-refractivity contribution in [3.63, 3.8) is 0 Å². The predicted octanol–water partition coefficient (Wildman–Crippen LogP) is 3.35. The monoisotopic (exact) mass is 361 g/mol. The topological polar surface area (TPSA) is 127 Å². The molecule has 0 rings (SSSR count). The van der Waals surface area contributed by atoms with Crippen molar-refractivity contribution in [2.75, 3.05) is 13.2 Å². The van der Waals surface area contributed by atoms with Crippen molar-refractivity contribution in [1.82, 2.24) is 0 Å². The van der Waals surface area contributed by atoms with Gasteiger partial charge in [-0.3, -0.25) is 14.4 Å². The van der Waals surface area contributed by atoms with E-state index >= 15 is 0 Å². The Labute approximate surface area is 150 Å². The number of unbranched alkanes of at least 4 members (excludes halogenated alkanes) is 9. The summed E-state index contributed by atoms with van der Waals surface area (Å²) >= 11 is 0. The lowest BCUT2D eigenvalue weighted by Crippen LogP contribution is -2.17. The van der Waals surface area contributed by atoms with Crippen LogP contribution in [0.15, 0.2) is 0 Å². The van der Waals surface area contributed by atoms with Gasteiger partial charge in [-0.25, -0.2) is 0 Å². The lowest BCUT2D eigenvalue weighted by molar-refractivity contribution is -0.143. The van der Waals surface area contributed by atoms with Crippen LogP contribution in [0.2, 0.25) is 0 Å². The maximum Gasteiger partial charge on any atom is 0.319 e. The fourth-order valence-electron chi connectivity index (χ4n) is 2.05. The number of ether oxygens (including phenoxy) is 1. The molecule has 0 aliphatic carbocycles. The van der Waals surface area contributed by atoms with Crippen LogP contribution in [0.4, 0.5) is 0 Å². The summed E-state index contributed by atoms with van der Waals surface area (Å²) in [5, 5.41) is 15.8. The average Bonchev–Trinajstić information content (AvgIpc) is 2.58. The van der Waals surface area contributed by atoms with Crippen molar-refractivity contribution in [3.8, 4) is 0 Å². The standard InChI is InChI=1S/C14H29NO2.C4H6O4/c1-2-3-4-5-6-7-8-9-10-11-12-17-14(16)13-15;5-3(6)1-2-4(7)8/h2-13,15H2,1H3;1-2H2,(H,5,6)(H,7,8). The van der Waals surface area contributed by atoms with Crippen molar-refractivity contribution < 1.29 is 29.3 Å². The van der Waals surface area contributed by atoms with Crippen LogP contribution >= 0.6 is 0 Å². The molecule has 0 aliphatic rings. The first-order valence-electron chi connectivity index (χ1n) is 9.23. The van der Waals surface area contributed by atoms with E-state index in [2.05, 4.69) is 6.92 Å². The molecule has 0 atom stereocenters. The molecule has 0 aromatic carbocycles. The van der Waals surface area contributed by atoms with Gasteiger partial charge in [-0.15, -0.1) is 0 Å². The highest BCUT2D eigenvalue weighted by Gasteiger charge is 2.00. The maximum atomic E-state index is 10.7. The number of carboxylic acids is 2. The summed E-state index contributed by atoms with van der Waals surface area (Å²) in [6.07, 6.45) is 12.3. The second-order valence-electron chi connectivity index (χ2n) is 5.89. The molecular formula is C18H35NO6. The summed E-state index contributed by atoms with van der Waals surface area (Å²) in [6, 6.07) is 0. The van der Waals surface area contributed by atoms with Crippen LogP contribution in [0.1, 0.15) is 84.0 Å². The number of esters is 1. The Bertz CT molecular complexity index is 332. The predicted molar refractivity (Wildman–Crippen MR) is 96.4 cm³/mol. The Hall–Kier alpha value is -1.63. The van der Waals surface area contributed by atoms with E-state index in [0.717, 1.165) is 12.8 Å². The molecule has 7 nitrogen and oxygen atoms in total. The van der Waals surface area contributed by atoms with E-state index in [9.17, 15) is 14.4 Å². The van der Waals surface area contributed by atoms with Gasteiger partial charge >= 0.3 is 17.9 Å². The average molecular weight is 361 g/mol. The molecule has 0 saturated carbocycles. The Kier molecular flexibility index (Phi) is 20.9. The molecular weight excluding hydrogens is 326 g/mol. The molecule has 4 N–H and O–H groups in total. The third kappa shape index (κ3) is 27.5. The molecule has 7 heteroatoms. The molecule has 148 valence electrons. The van der Waals surface area contributed by atoms with Crippen LogP contribution in [0.25, 0.3) is 0 Å². The smallest absolute Gasteiger partial charge is 0.319 e.